The summed E-state index contributed by atoms with van der Waals surface area (Å²) in [6, 6.07) is -0.0206. The first kappa shape index (κ1) is 11.6. The number of H-pyrrole nitrogens is 1. The standard InChI is InChI=1S/C10H16N6O/c1-3-6(5-17)13-8-7-4-12-16-9(7)15-10(11-2)14-8/h4,6,17H,3,5H2,1-2H3,(H3,11,12,13,14,15,16). The van der Waals surface area contributed by atoms with E-state index < -0.39 is 0 Å². The molecule has 1 unspecified atom stereocenters. The third-order valence-corrected chi connectivity index (χ3v) is 2.59. The van der Waals surface area contributed by atoms with Gasteiger partial charge in [0, 0.05) is 7.05 Å². The summed E-state index contributed by atoms with van der Waals surface area (Å²) in [5.74, 6) is 1.19. The van der Waals surface area contributed by atoms with Crippen molar-refractivity contribution in [2.75, 3.05) is 24.3 Å². The highest BCUT2D eigenvalue weighted by atomic mass is 16.3. The second kappa shape index (κ2) is 4.96. The molecule has 2 aromatic heterocycles. The van der Waals surface area contributed by atoms with Gasteiger partial charge in [0.25, 0.3) is 0 Å². The lowest BCUT2D eigenvalue weighted by molar-refractivity contribution is 0.271. The first-order valence-electron chi connectivity index (χ1n) is 5.54. The monoisotopic (exact) mass is 236 g/mol. The maximum Gasteiger partial charge on any atom is 0.226 e. The Kier molecular flexibility index (Phi) is 3.38. The highest BCUT2D eigenvalue weighted by Crippen LogP contribution is 2.20. The highest BCUT2D eigenvalue weighted by molar-refractivity contribution is 5.87. The minimum Gasteiger partial charge on any atom is -0.394 e. The van der Waals surface area contributed by atoms with Gasteiger partial charge in [-0.15, -0.1) is 0 Å². The number of aliphatic hydroxyl groups excluding tert-OH is 1. The van der Waals surface area contributed by atoms with Gasteiger partial charge in [0.15, 0.2) is 5.65 Å². The number of nitrogens with zero attached hydrogens (tertiary/aromatic N) is 3. The van der Waals surface area contributed by atoms with Gasteiger partial charge in [0.05, 0.1) is 24.2 Å². The summed E-state index contributed by atoms with van der Waals surface area (Å²) in [5, 5.41) is 22.8. The normalized spacial score (nSPS) is 12.6. The molecule has 0 fully saturated rings. The van der Waals surface area contributed by atoms with Crippen molar-refractivity contribution in [1.29, 1.82) is 0 Å². The van der Waals surface area contributed by atoms with E-state index in [1.54, 1.807) is 13.2 Å². The zero-order chi connectivity index (χ0) is 12.3. The molecule has 92 valence electrons. The summed E-state index contributed by atoms with van der Waals surface area (Å²) in [6.45, 7) is 2.06. The molecule has 2 rings (SSSR count). The Morgan fingerprint density at radius 2 is 2.29 bits per heavy atom. The van der Waals surface area contributed by atoms with E-state index >= 15 is 0 Å². The van der Waals surface area contributed by atoms with Gasteiger partial charge in [-0.1, -0.05) is 6.92 Å². The predicted octanol–water partition coefficient (Wildman–Crippen LogP) is 0.577. The lowest BCUT2D eigenvalue weighted by Gasteiger charge is -2.15. The van der Waals surface area contributed by atoms with E-state index in [4.69, 9.17) is 0 Å². The summed E-state index contributed by atoms with van der Waals surface area (Å²) in [7, 11) is 1.75. The fourth-order valence-electron chi connectivity index (χ4n) is 1.53. The molecule has 17 heavy (non-hydrogen) atoms. The molecule has 7 heteroatoms. The van der Waals surface area contributed by atoms with Gasteiger partial charge in [-0.3, -0.25) is 5.10 Å². The molecule has 2 heterocycles. The Morgan fingerprint density at radius 3 is 2.94 bits per heavy atom. The van der Waals surface area contributed by atoms with Gasteiger partial charge in [-0.2, -0.15) is 15.1 Å². The largest absolute Gasteiger partial charge is 0.394 e. The summed E-state index contributed by atoms with van der Waals surface area (Å²) in [6.07, 6.45) is 2.48. The lowest BCUT2D eigenvalue weighted by atomic mass is 10.2. The third kappa shape index (κ3) is 2.28. The number of fused-ring (bicyclic) bond motifs is 1. The van der Waals surface area contributed by atoms with Gasteiger partial charge in [0.2, 0.25) is 5.95 Å². The minimum absolute atomic E-state index is 0.0206. The fraction of sp³-hybridized carbons (Fsp3) is 0.500. The van der Waals surface area contributed by atoms with Crippen molar-refractivity contribution < 1.29 is 5.11 Å². The number of aromatic nitrogens is 4. The van der Waals surface area contributed by atoms with E-state index in [0.717, 1.165) is 11.8 Å². The molecule has 4 N–H and O–H groups in total. The van der Waals surface area contributed by atoms with Crippen LogP contribution in [0.25, 0.3) is 11.0 Å². The SMILES string of the molecule is CCC(CO)Nc1nc(NC)nc2[nH]ncc12. The highest BCUT2D eigenvalue weighted by Gasteiger charge is 2.12. The number of nitrogens with one attached hydrogen (secondary N) is 3. The van der Waals surface area contributed by atoms with Crippen LogP contribution in [0.3, 0.4) is 0 Å². The van der Waals surface area contributed by atoms with E-state index in [2.05, 4.69) is 30.8 Å². The molecule has 7 nitrogen and oxygen atoms in total. The van der Waals surface area contributed by atoms with Crippen LogP contribution in [0.5, 0.6) is 0 Å². The Balaban J connectivity index is 2.39. The smallest absolute Gasteiger partial charge is 0.226 e. The second-order valence-electron chi connectivity index (χ2n) is 3.71. The van der Waals surface area contributed by atoms with E-state index in [9.17, 15) is 5.11 Å². The second-order valence-corrected chi connectivity index (χ2v) is 3.71. The molecule has 0 saturated carbocycles. The van der Waals surface area contributed by atoms with Crippen molar-refractivity contribution in [1.82, 2.24) is 20.2 Å². The molecule has 0 aliphatic carbocycles. The molecule has 1 atom stereocenters. The van der Waals surface area contributed by atoms with Crippen LogP contribution in [-0.2, 0) is 0 Å². The molecular formula is C10H16N6O. The summed E-state index contributed by atoms with van der Waals surface area (Å²) >= 11 is 0. The number of hydrogen-bond donors (Lipinski definition) is 4. The minimum atomic E-state index is -0.0206. The van der Waals surface area contributed by atoms with Crippen LogP contribution in [0.2, 0.25) is 0 Å². The van der Waals surface area contributed by atoms with Crippen LogP contribution in [0, 0.1) is 0 Å². The Hall–Kier alpha value is -1.89. The average Bonchev–Trinajstić information content (AvgIpc) is 2.83. The maximum atomic E-state index is 9.19. The van der Waals surface area contributed by atoms with E-state index in [1.807, 2.05) is 6.92 Å². The molecule has 0 saturated heterocycles. The summed E-state index contributed by atoms with van der Waals surface area (Å²) < 4.78 is 0. The number of hydrogen-bond acceptors (Lipinski definition) is 6. The first-order chi connectivity index (χ1) is 8.28. The molecule has 0 radical (unpaired) electrons. The van der Waals surface area contributed by atoms with Gasteiger partial charge in [-0.05, 0) is 6.42 Å². The Bertz CT molecular complexity index is 493. The average molecular weight is 236 g/mol. The Labute approximate surface area is 98.7 Å². The van der Waals surface area contributed by atoms with Gasteiger partial charge in [-0.25, -0.2) is 0 Å². The van der Waals surface area contributed by atoms with E-state index in [1.165, 1.54) is 0 Å². The zero-order valence-electron chi connectivity index (χ0n) is 9.86. The van der Waals surface area contributed by atoms with Crippen LogP contribution in [0.1, 0.15) is 13.3 Å². The van der Waals surface area contributed by atoms with Crippen molar-refractivity contribution in [3.8, 4) is 0 Å². The molecule has 0 aromatic carbocycles. The molecule has 2 aromatic rings. The lowest BCUT2D eigenvalue weighted by Crippen LogP contribution is -2.23. The third-order valence-electron chi connectivity index (χ3n) is 2.59. The Morgan fingerprint density at radius 1 is 1.47 bits per heavy atom. The maximum absolute atomic E-state index is 9.19. The van der Waals surface area contributed by atoms with Gasteiger partial charge >= 0.3 is 0 Å². The van der Waals surface area contributed by atoms with E-state index in [-0.39, 0.29) is 12.6 Å². The molecule has 0 aliphatic heterocycles. The quantitative estimate of drug-likeness (QED) is 0.606. The number of aromatic amines is 1. The van der Waals surface area contributed by atoms with Crippen LogP contribution in [-0.4, -0.2) is 45.0 Å². The molecule has 0 spiro atoms. The number of aliphatic hydroxyl groups is 1. The van der Waals surface area contributed by atoms with Crippen LogP contribution >= 0.6 is 0 Å². The summed E-state index contributed by atoms with van der Waals surface area (Å²) in [4.78, 5) is 8.55. The van der Waals surface area contributed by atoms with Crippen LogP contribution < -0.4 is 10.6 Å². The number of anilines is 2. The van der Waals surface area contributed by atoms with Crippen LogP contribution in [0.4, 0.5) is 11.8 Å². The zero-order valence-corrected chi connectivity index (χ0v) is 9.86. The van der Waals surface area contributed by atoms with Gasteiger partial charge in [0.1, 0.15) is 5.82 Å². The molecule has 0 amide bonds. The topological polar surface area (TPSA) is 98.7 Å². The van der Waals surface area contributed by atoms with Crippen molar-refractivity contribution in [3.05, 3.63) is 6.20 Å². The molecular weight excluding hydrogens is 220 g/mol. The first-order valence-corrected chi connectivity index (χ1v) is 5.54. The van der Waals surface area contributed by atoms with Crippen molar-refractivity contribution in [3.63, 3.8) is 0 Å². The van der Waals surface area contributed by atoms with Gasteiger partial charge < -0.3 is 15.7 Å². The van der Waals surface area contributed by atoms with E-state index in [0.29, 0.717) is 17.4 Å². The van der Waals surface area contributed by atoms with Crippen molar-refractivity contribution >= 4 is 22.8 Å². The summed E-state index contributed by atoms with van der Waals surface area (Å²) in [5.41, 5.74) is 0.666. The number of rotatable bonds is 5. The predicted molar refractivity (Wildman–Crippen MR) is 66.0 cm³/mol. The molecule has 0 aliphatic rings. The van der Waals surface area contributed by atoms with Crippen molar-refractivity contribution in [2.45, 2.75) is 19.4 Å². The molecule has 0 bridgehead atoms. The fourth-order valence-corrected chi connectivity index (χ4v) is 1.53. The van der Waals surface area contributed by atoms with Crippen molar-refractivity contribution in [2.24, 2.45) is 0 Å². The van der Waals surface area contributed by atoms with Crippen LogP contribution in [0.15, 0.2) is 6.20 Å².